The summed E-state index contributed by atoms with van der Waals surface area (Å²) >= 11 is 7.68. The van der Waals surface area contributed by atoms with Gasteiger partial charge in [0.05, 0.1) is 24.2 Å². The average molecular weight is 563 g/mol. The molecule has 1 saturated heterocycles. The van der Waals surface area contributed by atoms with Gasteiger partial charge in [0, 0.05) is 26.8 Å². The first-order valence-electron chi connectivity index (χ1n) is 12.9. The minimum absolute atomic E-state index is 0.360. The predicted molar refractivity (Wildman–Crippen MR) is 135 cm³/mol. The third-order valence-corrected chi connectivity index (χ3v) is 10.7. The number of guanidine groups is 1. The smallest absolute Gasteiger partial charge is 0.198 e. The van der Waals surface area contributed by atoms with Crippen LogP contribution in [0.15, 0.2) is 27.7 Å². The van der Waals surface area contributed by atoms with Gasteiger partial charge in [-0.1, -0.05) is 44.7 Å². The fourth-order valence-electron chi connectivity index (χ4n) is 7.91. The van der Waals surface area contributed by atoms with Gasteiger partial charge in [-0.25, -0.2) is 4.99 Å². The molecule has 6 aliphatic rings. The van der Waals surface area contributed by atoms with Gasteiger partial charge in [0.2, 0.25) is 0 Å². The maximum Gasteiger partial charge on any atom is 0.198 e. The molecule has 3 saturated carbocycles. The Morgan fingerprint density at radius 3 is 2.56 bits per heavy atom. The molecular formula is C26H33Br2N3O. The van der Waals surface area contributed by atoms with Crippen molar-refractivity contribution >= 4 is 37.8 Å². The molecule has 0 spiro atoms. The Morgan fingerprint density at radius 2 is 1.69 bits per heavy atom. The number of hydrogen-bond donors (Lipinski definition) is 0. The first-order valence-corrected chi connectivity index (χ1v) is 14.6. The van der Waals surface area contributed by atoms with Gasteiger partial charge in [0.15, 0.2) is 5.96 Å². The zero-order valence-electron chi connectivity index (χ0n) is 18.6. The monoisotopic (exact) mass is 561 g/mol. The molecule has 172 valence electrons. The maximum absolute atomic E-state index is 6.40. The van der Waals surface area contributed by atoms with E-state index in [0.29, 0.717) is 47.1 Å². The normalized spacial score (nSPS) is 42.2. The van der Waals surface area contributed by atoms with Crippen LogP contribution in [0.5, 0.6) is 5.75 Å². The van der Waals surface area contributed by atoms with Crippen molar-refractivity contribution in [2.75, 3.05) is 0 Å². The molecule has 32 heavy (non-hydrogen) atoms. The molecule has 0 amide bonds. The van der Waals surface area contributed by atoms with Crippen LogP contribution in [0.4, 0.5) is 0 Å². The Morgan fingerprint density at radius 1 is 0.875 bits per heavy atom. The number of ether oxygens (including phenoxy) is 1. The summed E-state index contributed by atoms with van der Waals surface area (Å²) in [7, 11) is 0. The summed E-state index contributed by atoms with van der Waals surface area (Å²) in [6.07, 6.45) is 14.6. The standard InChI is InChI=1S/C26H33Br2N3O/c27-15-5-9-22-23(10-6-15)31-21-4-2-1-3-20(21)29-26(31)30(22)17-8-12-25-19(14-17)18-13-16(28)7-11-24(18)32-25/h7,11,13,15,17,19-23,25H,1-6,8-10,12,14H2. The van der Waals surface area contributed by atoms with Gasteiger partial charge in [0.25, 0.3) is 0 Å². The maximum atomic E-state index is 6.40. The summed E-state index contributed by atoms with van der Waals surface area (Å²) in [6.45, 7) is 0. The van der Waals surface area contributed by atoms with Crippen LogP contribution in [-0.4, -0.2) is 56.9 Å². The van der Waals surface area contributed by atoms with Gasteiger partial charge in [-0.2, -0.15) is 0 Å². The molecule has 8 atom stereocenters. The SMILES string of the molecule is Brc1ccc2c(c1)C1CC(N3C4=NC5CCCCC5N4C4CCC(Br)CCC43)CCC1O2. The molecule has 6 heteroatoms. The highest BCUT2D eigenvalue weighted by molar-refractivity contribution is 9.10. The number of fused-ring (bicyclic) bond motifs is 8. The number of benzene rings is 1. The van der Waals surface area contributed by atoms with Gasteiger partial charge in [-0.3, -0.25) is 0 Å². The Balaban J connectivity index is 1.23. The molecule has 3 aliphatic heterocycles. The molecule has 0 bridgehead atoms. The lowest BCUT2D eigenvalue weighted by molar-refractivity contribution is 0.101. The number of halogens is 2. The van der Waals surface area contributed by atoms with Crippen LogP contribution in [0.2, 0.25) is 0 Å². The molecule has 0 aromatic heterocycles. The lowest BCUT2D eigenvalue weighted by Crippen LogP contribution is -2.48. The fraction of sp³-hybridized carbons (Fsp3) is 0.731. The lowest BCUT2D eigenvalue weighted by Gasteiger charge is -2.40. The van der Waals surface area contributed by atoms with Crippen LogP contribution in [-0.2, 0) is 0 Å². The van der Waals surface area contributed by atoms with Crippen LogP contribution in [0.25, 0.3) is 0 Å². The Hall–Kier alpha value is -0.750. The second-order valence-corrected chi connectivity index (χ2v) is 13.2. The third-order valence-electron chi connectivity index (χ3n) is 9.31. The summed E-state index contributed by atoms with van der Waals surface area (Å²) < 4.78 is 7.57. The first kappa shape index (κ1) is 20.6. The molecule has 3 aliphatic carbocycles. The van der Waals surface area contributed by atoms with E-state index in [-0.39, 0.29) is 0 Å². The van der Waals surface area contributed by atoms with Crippen molar-refractivity contribution in [3.05, 3.63) is 28.2 Å². The van der Waals surface area contributed by atoms with Crippen LogP contribution < -0.4 is 4.74 Å². The van der Waals surface area contributed by atoms with Crippen LogP contribution in [0.3, 0.4) is 0 Å². The summed E-state index contributed by atoms with van der Waals surface area (Å²) in [5.41, 5.74) is 1.42. The fourth-order valence-corrected chi connectivity index (χ4v) is 8.82. The Labute approximate surface area is 208 Å². The van der Waals surface area contributed by atoms with Crippen molar-refractivity contribution in [1.29, 1.82) is 0 Å². The quantitative estimate of drug-likeness (QED) is 0.380. The van der Waals surface area contributed by atoms with Gasteiger partial charge in [0.1, 0.15) is 11.9 Å². The Kier molecular flexibility index (Phi) is 5.09. The molecule has 0 radical (unpaired) electrons. The third kappa shape index (κ3) is 3.14. The number of nitrogens with zero attached hydrogens (tertiary/aromatic N) is 3. The van der Waals surface area contributed by atoms with E-state index in [0.717, 1.165) is 12.2 Å². The summed E-state index contributed by atoms with van der Waals surface area (Å²) in [5, 5.41) is 0. The van der Waals surface area contributed by atoms with Crippen LogP contribution in [0.1, 0.15) is 82.1 Å². The van der Waals surface area contributed by atoms with E-state index in [9.17, 15) is 0 Å². The Bertz CT molecular complexity index is 938. The second kappa shape index (κ2) is 7.90. The average Bonchev–Trinajstić information content (AvgIpc) is 3.39. The molecule has 8 unspecified atom stereocenters. The van der Waals surface area contributed by atoms with Crippen molar-refractivity contribution in [3.63, 3.8) is 0 Å². The van der Waals surface area contributed by atoms with E-state index in [1.54, 1.807) is 0 Å². The highest BCUT2D eigenvalue weighted by atomic mass is 79.9. The number of rotatable bonds is 1. The van der Waals surface area contributed by atoms with Crippen molar-refractivity contribution < 1.29 is 4.74 Å². The van der Waals surface area contributed by atoms with E-state index in [1.807, 2.05) is 0 Å². The second-order valence-electron chi connectivity index (χ2n) is 11.0. The highest BCUT2D eigenvalue weighted by Gasteiger charge is 2.55. The van der Waals surface area contributed by atoms with Crippen LogP contribution in [0, 0.1) is 0 Å². The largest absolute Gasteiger partial charge is 0.489 e. The summed E-state index contributed by atoms with van der Waals surface area (Å²) in [5.74, 6) is 3.03. The van der Waals surface area contributed by atoms with Gasteiger partial charge in [-0.15, -0.1) is 0 Å². The van der Waals surface area contributed by atoms with Crippen LogP contribution >= 0.6 is 31.9 Å². The molecule has 1 aromatic carbocycles. The first-order chi connectivity index (χ1) is 15.7. The van der Waals surface area contributed by atoms with Crippen molar-refractivity contribution in [2.45, 2.75) is 118 Å². The van der Waals surface area contributed by atoms with Crippen molar-refractivity contribution in [1.82, 2.24) is 9.80 Å². The molecule has 1 aromatic rings. The van der Waals surface area contributed by atoms with Gasteiger partial charge >= 0.3 is 0 Å². The number of aliphatic imine (C=N–C) groups is 1. The van der Waals surface area contributed by atoms with Crippen molar-refractivity contribution in [2.24, 2.45) is 4.99 Å². The van der Waals surface area contributed by atoms with E-state index in [2.05, 4.69) is 59.9 Å². The van der Waals surface area contributed by atoms with E-state index >= 15 is 0 Å². The van der Waals surface area contributed by atoms with Crippen molar-refractivity contribution in [3.8, 4) is 5.75 Å². The summed E-state index contributed by atoms with van der Waals surface area (Å²) in [6, 6.07) is 9.71. The number of alkyl halides is 1. The molecule has 7 rings (SSSR count). The summed E-state index contributed by atoms with van der Waals surface area (Å²) in [4.78, 5) is 11.9. The van der Waals surface area contributed by atoms with Gasteiger partial charge < -0.3 is 14.5 Å². The van der Waals surface area contributed by atoms with E-state index in [4.69, 9.17) is 9.73 Å². The predicted octanol–water partition coefficient (Wildman–Crippen LogP) is 6.22. The van der Waals surface area contributed by atoms with E-state index < -0.39 is 0 Å². The lowest BCUT2D eigenvalue weighted by atomic mass is 9.79. The molecule has 3 heterocycles. The molecule has 0 N–H and O–H groups in total. The molecular weight excluding hydrogens is 530 g/mol. The minimum Gasteiger partial charge on any atom is -0.489 e. The molecule has 4 fully saturated rings. The minimum atomic E-state index is 0.360. The highest BCUT2D eigenvalue weighted by Crippen LogP contribution is 2.50. The number of hydrogen-bond acceptors (Lipinski definition) is 4. The van der Waals surface area contributed by atoms with Gasteiger partial charge in [-0.05, 0) is 76.0 Å². The van der Waals surface area contributed by atoms with E-state index in [1.165, 1.54) is 80.2 Å². The topological polar surface area (TPSA) is 28.1 Å². The molecule has 4 nitrogen and oxygen atoms in total. The zero-order valence-corrected chi connectivity index (χ0v) is 21.8. The zero-order chi connectivity index (χ0) is 21.4.